The number of anilines is 1. The van der Waals surface area contributed by atoms with Gasteiger partial charge in [0.1, 0.15) is 0 Å². The molecule has 1 saturated heterocycles. The zero-order chi connectivity index (χ0) is 14.1. The number of nitrogens with zero attached hydrogens (tertiary/aromatic N) is 3. The number of non-ortho nitro benzene ring substituents is 1. The van der Waals surface area contributed by atoms with Gasteiger partial charge in [-0.3, -0.25) is 10.1 Å². The summed E-state index contributed by atoms with van der Waals surface area (Å²) in [6.07, 6.45) is 1.18. The quantitative estimate of drug-likeness (QED) is 0.665. The predicted molar refractivity (Wildman–Crippen MR) is 84.2 cm³/mol. The SMILES string of the molecule is CN(CC1CCNC1)c1nc2ccc([N+](=O)[O-])cc2[nH]1.Cl. The van der Waals surface area contributed by atoms with Gasteiger partial charge in [-0.25, -0.2) is 4.98 Å². The maximum Gasteiger partial charge on any atom is 0.271 e. The van der Waals surface area contributed by atoms with Crippen molar-refractivity contribution >= 4 is 35.1 Å². The maximum atomic E-state index is 10.8. The predicted octanol–water partition coefficient (Wildman–Crippen LogP) is 1.94. The van der Waals surface area contributed by atoms with E-state index in [9.17, 15) is 10.1 Å². The Hall–Kier alpha value is -1.86. The first-order valence-corrected chi connectivity index (χ1v) is 6.69. The molecule has 1 atom stereocenters. The number of rotatable bonds is 4. The summed E-state index contributed by atoms with van der Waals surface area (Å²) in [5.41, 5.74) is 1.53. The van der Waals surface area contributed by atoms with Crippen molar-refractivity contribution in [3.63, 3.8) is 0 Å². The highest BCUT2D eigenvalue weighted by Crippen LogP contribution is 2.22. The number of fused-ring (bicyclic) bond motifs is 1. The van der Waals surface area contributed by atoms with Gasteiger partial charge in [-0.2, -0.15) is 0 Å². The molecule has 0 saturated carbocycles. The molecule has 2 aromatic rings. The van der Waals surface area contributed by atoms with Crippen LogP contribution in [-0.4, -0.2) is 41.6 Å². The number of H-pyrrole nitrogens is 1. The number of aromatic amines is 1. The highest BCUT2D eigenvalue weighted by Gasteiger charge is 2.18. The van der Waals surface area contributed by atoms with Crippen LogP contribution in [-0.2, 0) is 0 Å². The number of aromatic nitrogens is 2. The van der Waals surface area contributed by atoms with Gasteiger partial charge in [0.15, 0.2) is 0 Å². The number of nitro groups is 1. The van der Waals surface area contributed by atoms with Crippen LogP contribution in [0.25, 0.3) is 11.0 Å². The first-order valence-electron chi connectivity index (χ1n) is 6.69. The van der Waals surface area contributed by atoms with Crippen LogP contribution < -0.4 is 10.2 Å². The van der Waals surface area contributed by atoms with Crippen molar-refractivity contribution in [1.82, 2.24) is 15.3 Å². The Balaban J connectivity index is 0.00000161. The molecular formula is C13H18ClN5O2. The first kappa shape index (κ1) is 15.5. The van der Waals surface area contributed by atoms with Crippen molar-refractivity contribution in [3.8, 4) is 0 Å². The number of benzene rings is 1. The summed E-state index contributed by atoms with van der Waals surface area (Å²) in [6.45, 7) is 3.04. The standard InChI is InChI=1S/C13H17N5O2.ClH/c1-17(8-9-4-5-14-7-9)13-15-11-3-2-10(18(19)20)6-12(11)16-13;/h2-3,6,9,14H,4-5,7-8H2,1H3,(H,15,16);1H. The third kappa shape index (κ3) is 3.25. The second-order valence-corrected chi connectivity index (χ2v) is 5.26. The Labute approximate surface area is 128 Å². The summed E-state index contributed by atoms with van der Waals surface area (Å²) in [7, 11) is 1.99. The van der Waals surface area contributed by atoms with E-state index in [1.54, 1.807) is 6.07 Å². The summed E-state index contributed by atoms with van der Waals surface area (Å²) in [6, 6.07) is 4.68. The zero-order valence-electron chi connectivity index (χ0n) is 11.7. The van der Waals surface area contributed by atoms with Crippen LogP contribution in [0.15, 0.2) is 18.2 Å². The molecule has 1 aliphatic rings. The summed E-state index contributed by atoms with van der Waals surface area (Å²) < 4.78 is 0. The van der Waals surface area contributed by atoms with E-state index in [1.807, 2.05) is 7.05 Å². The highest BCUT2D eigenvalue weighted by molar-refractivity contribution is 5.85. The molecule has 1 unspecified atom stereocenters. The minimum atomic E-state index is -0.395. The lowest BCUT2D eigenvalue weighted by molar-refractivity contribution is -0.384. The van der Waals surface area contributed by atoms with Crippen molar-refractivity contribution < 1.29 is 4.92 Å². The number of nitrogens with one attached hydrogen (secondary N) is 2. The Bertz CT molecular complexity index is 639. The van der Waals surface area contributed by atoms with Crippen LogP contribution in [0.5, 0.6) is 0 Å². The van der Waals surface area contributed by atoms with Crippen molar-refractivity contribution in [2.75, 3.05) is 31.6 Å². The molecule has 2 heterocycles. The maximum absolute atomic E-state index is 10.8. The molecule has 0 aliphatic carbocycles. The van der Waals surface area contributed by atoms with Crippen LogP contribution >= 0.6 is 12.4 Å². The van der Waals surface area contributed by atoms with E-state index in [-0.39, 0.29) is 18.1 Å². The fraction of sp³-hybridized carbons (Fsp3) is 0.462. The molecule has 114 valence electrons. The molecular weight excluding hydrogens is 294 g/mol. The number of hydrogen-bond donors (Lipinski definition) is 2. The van der Waals surface area contributed by atoms with E-state index >= 15 is 0 Å². The third-order valence-corrected chi connectivity index (χ3v) is 3.72. The van der Waals surface area contributed by atoms with E-state index in [0.717, 1.165) is 31.1 Å². The molecule has 1 aromatic carbocycles. The number of halogens is 1. The van der Waals surface area contributed by atoms with Gasteiger partial charge < -0.3 is 15.2 Å². The summed E-state index contributed by atoms with van der Waals surface area (Å²) >= 11 is 0. The van der Waals surface area contributed by atoms with E-state index in [2.05, 4.69) is 20.2 Å². The van der Waals surface area contributed by atoms with Gasteiger partial charge in [0, 0.05) is 25.7 Å². The van der Waals surface area contributed by atoms with Crippen LogP contribution in [0.1, 0.15) is 6.42 Å². The van der Waals surface area contributed by atoms with Crippen molar-refractivity contribution in [2.24, 2.45) is 5.92 Å². The average Bonchev–Trinajstić information content (AvgIpc) is 3.05. The Morgan fingerprint density at radius 3 is 3.00 bits per heavy atom. The van der Waals surface area contributed by atoms with E-state index in [4.69, 9.17) is 0 Å². The molecule has 21 heavy (non-hydrogen) atoms. The Morgan fingerprint density at radius 2 is 2.33 bits per heavy atom. The van der Waals surface area contributed by atoms with Gasteiger partial charge in [0.05, 0.1) is 16.0 Å². The van der Waals surface area contributed by atoms with Crippen LogP contribution in [0, 0.1) is 16.0 Å². The zero-order valence-corrected chi connectivity index (χ0v) is 12.5. The van der Waals surface area contributed by atoms with Crippen LogP contribution in [0.4, 0.5) is 11.6 Å². The van der Waals surface area contributed by atoms with Crippen LogP contribution in [0.3, 0.4) is 0 Å². The first-order chi connectivity index (χ1) is 9.63. The molecule has 1 fully saturated rings. The molecule has 0 spiro atoms. The number of hydrogen-bond acceptors (Lipinski definition) is 5. The molecule has 2 N–H and O–H groups in total. The fourth-order valence-corrected chi connectivity index (χ4v) is 2.62. The molecule has 3 rings (SSSR count). The van der Waals surface area contributed by atoms with E-state index < -0.39 is 4.92 Å². The van der Waals surface area contributed by atoms with Gasteiger partial charge in [0.25, 0.3) is 5.69 Å². The van der Waals surface area contributed by atoms with Crippen molar-refractivity contribution in [2.45, 2.75) is 6.42 Å². The normalized spacial score (nSPS) is 17.7. The molecule has 7 nitrogen and oxygen atoms in total. The van der Waals surface area contributed by atoms with Gasteiger partial charge in [-0.15, -0.1) is 12.4 Å². The summed E-state index contributed by atoms with van der Waals surface area (Å²) in [5.74, 6) is 1.38. The van der Waals surface area contributed by atoms with E-state index in [0.29, 0.717) is 11.4 Å². The Kier molecular flexibility index (Phi) is 4.64. The molecule has 0 amide bonds. The highest BCUT2D eigenvalue weighted by atomic mass is 35.5. The largest absolute Gasteiger partial charge is 0.345 e. The monoisotopic (exact) mass is 311 g/mol. The molecule has 8 heteroatoms. The second kappa shape index (κ2) is 6.28. The minimum Gasteiger partial charge on any atom is -0.345 e. The second-order valence-electron chi connectivity index (χ2n) is 5.26. The lowest BCUT2D eigenvalue weighted by atomic mass is 10.1. The molecule has 1 aromatic heterocycles. The molecule has 0 bridgehead atoms. The van der Waals surface area contributed by atoms with Crippen LogP contribution in [0.2, 0.25) is 0 Å². The van der Waals surface area contributed by atoms with Crippen molar-refractivity contribution in [1.29, 1.82) is 0 Å². The molecule has 1 aliphatic heterocycles. The van der Waals surface area contributed by atoms with Gasteiger partial charge in [-0.1, -0.05) is 0 Å². The van der Waals surface area contributed by atoms with Crippen molar-refractivity contribution in [3.05, 3.63) is 28.3 Å². The topological polar surface area (TPSA) is 87.1 Å². The number of nitro benzene ring substituents is 1. The number of imidazole rings is 1. The van der Waals surface area contributed by atoms with Gasteiger partial charge in [0.2, 0.25) is 5.95 Å². The Morgan fingerprint density at radius 1 is 1.52 bits per heavy atom. The average molecular weight is 312 g/mol. The molecule has 0 radical (unpaired) electrons. The van der Waals surface area contributed by atoms with E-state index in [1.165, 1.54) is 18.6 Å². The third-order valence-electron chi connectivity index (χ3n) is 3.72. The fourth-order valence-electron chi connectivity index (χ4n) is 2.62. The lowest BCUT2D eigenvalue weighted by Crippen LogP contribution is -2.27. The van der Waals surface area contributed by atoms with Gasteiger partial charge >= 0.3 is 0 Å². The summed E-state index contributed by atoms with van der Waals surface area (Å²) in [5, 5.41) is 14.1. The smallest absolute Gasteiger partial charge is 0.271 e. The minimum absolute atomic E-state index is 0. The van der Waals surface area contributed by atoms with Gasteiger partial charge in [-0.05, 0) is 31.5 Å². The lowest BCUT2D eigenvalue weighted by Gasteiger charge is -2.19. The summed E-state index contributed by atoms with van der Waals surface area (Å²) in [4.78, 5) is 20.1.